The van der Waals surface area contributed by atoms with Gasteiger partial charge in [-0.25, -0.2) is 4.79 Å². The van der Waals surface area contributed by atoms with E-state index < -0.39 is 17.5 Å². The van der Waals surface area contributed by atoms with Crippen LogP contribution in [0.5, 0.6) is 0 Å². The second kappa shape index (κ2) is 7.34. The van der Waals surface area contributed by atoms with Crippen molar-refractivity contribution in [2.24, 2.45) is 5.92 Å². The van der Waals surface area contributed by atoms with Crippen molar-refractivity contribution in [2.45, 2.75) is 51.0 Å². The third kappa shape index (κ3) is 3.51. The minimum Gasteiger partial charge on any atom is -0.339 e. The Kier molecular flexibility index (Phi) is 4.88. The summed E-state index contributed by atoms with van der Waals surface area (Å²) in [5.41, 5.74) is 1.53. The van der Waals surface area contributed by atoms with Crippen molar-refractivity contribution < 1.29 is 18.9 Å². The summed E-state index contributed by atoms with van der Waals surface area (Å²) >= 11 is 1.49. The lowest BCUT2D eigenvalue weighted by Gasteiger charge is -2.33. The molecule has 4 rings (SSSR count). The quantitative estimate of drug-likeness (QED) is 0.740. The average Bonchev–Trinajstić information content (AvgIpc) is 3.40. The van der Waals surface area contributed by atoms with Gasteiger partial charge >= 0.3 is 6.03 Å². The van der Waals surface area contributed by atoms with E-state index in [2.05, 4.69) is 27.8 Å². The van der Waals surface area contributed by atoms with Crippen LogP contribution >= 0.6 is 11.3 Å². The molecule has 28 heavy (non-hydrogen) atoms. The fourth-order valence-electron chi connectivity index (χ4n) is 3.58. The molecule has 2 aliphatic rings. The van der Waals surface area contributed by atoms with Gasteiger partial charge in [0.1, 0.15) is 5.54 Å². The number of carbonyl (C=O) groups excluding carboxylic acids is 3. The van der Waals surface area contributed by atoms with Crippen molar-refractivity contribution in [3.8, 4) is 10.7 Å². The zero-order valence-electron chi connectivity index (χ0n) is 15.4. The number of hydrogen-bond donors (Lipinski definition) is 2. The zero-order chi connectivity index (χ0) is 19.7. The van der Waals surface area contributed by atoms with E-state index in [-0.39, 0.29) is 18.7 Å². The van der Waals surface area contributed by atoms with Gasteiger partial charge in [0, 0.05) is 12.8 Å². The van der Waals surface area contributed by atoms with Gasteiger partial charge in [0.25, 0.3) is 5.91 Å². The number of carbonyl (C=O) groups is 3. The van der Waals surface area contributed by atoms with Crippen molar-refractivity contribution in [3.05, 3.63) is 23.4 Å². The fraction of sp³-hybridized carbons (Fsp3) is 0.500. The molecule has 2 N–H and O–H groups in total. The number of hydrogen-bond acceptors (Lipinski definition) is 7. The highest BCUT2D eigenvalue weighted by molar-refractivity contribution is 7.13. The van der Waals surface area contributed by atoms with Gasteiger partial charge in [0.2, 0.25) is 17.6 Å². The predicted octanol–water partition coefficient (Wildman–Crippen LogP) is 2.26. The van der Waals surface area contributed by atoms with Crippen LogP contribution in [0.2, 0.25) is 0 Å². The summed E-state index contributed by atoms with van der Waals surface area (Å²) in [5.74, 6) is 0.505. The van der Waals surface area contributed by atoms with E-state index in [1.807, 2.05) is 17.5 Å². The summed E-state index contributed by atoms with van der Waals surface area (Å²) in [6.45, 7) is 2.13. The largest absolute Gasteiger partial charge is 0.344 e. The summed E-state index contributed by atoms with van der Waals surface area (Å²) < 4.78 is 5.16. The average molecular weight is 403 g/mol. The minimum absolute atomic E-state index is 0.0210. The Morgan fingerprint density at radius 1 is 1.43 bits per heavy atom. The van der Waals surface area contributed by atoms with E-state index in [1.165, 1.54) is 11.3 Å². The number of aromatic nitrogens is 2. The molecule has 1 saturated carbocycles. The molecule has 9 nitrogen and oxygen atoms in total. The molecule has 2 aromatic heterocycles. The van der Waals surface area contributed by atoms with E-state index >= 15 is 0 Å². The number of nitrogens with zero attached hydrogens (tertiary/aromatic N) is 3. The van der Waals surface area contributed by atoms with Crippen LogP contribution in [0.1, 0.15) is 44.9 Å². The van der Waals surface area contributed by atoms with Gasteiger partial charge in [-0.2, -0.15) is 9.99 Å². The Morgan fingerprint density at radius 2 is 2.21 bits per heavy atom. The first-order valence-electron chi connectivity index (χ1n) is 9.29. The van der Waals surface area contributed by atoms with Crippen LogP contribution in [-0.4, -0.2) is 38.5 Å². The third-order valence-electron chi connectivity index (χ3n) is 5.30. The van der Waals surface area contributed by atoms with Gasteiger partial charge in [-0.3, -0.25) is 15.0 Å². The van der Waals surface area contributed by atoms with Crippen LogP contribution in [0.25, 0.3) is 10.7 Å². The standard InChI is InChI=1S/C18H21N5O4S/c1-11-6-8-18(9-7-11)16(25)23(17(26)20-18)21-13(24)4-5-14-19-15(22-27-14)12-3-2-10-28-12/h2-3,10-11H,4-9H2,1H3,(H,20,26)(H,21,24). The summed E-state index contributed by atoms with van der Waals surface area (Å²) in [4.78, 5) is 42.3. The van der Waals surface area contributed by atoms with Crippen molar-refractivity contribution in [3.63, 3.8) is 0 Å². The molecule has 1 aliphatic carbocycles. The van der Waals surface area contributed by atoms with Crippen LogP contribution < -0.4 is 10.7 Å². The lowest BCUT2D eigenvalue weighted by atomic mass is 9.77. The summed E-state index contributed by atoms with van der Waals surface area (Å²) in [5, 5.41) is 9.38. The highest BCUT2D eigenvalue weighted by Crippen LogP contribution is 2.35. The summed E-state index contributed by atoms with van der Waals surface area (Å²) in [7, 11) is 0. The van der Waals surface area contributed by atoms with E-state index in [0.717, 1.165) is 22.7 Å². The van der Waals surface area contributed by atoms with Crippen LogP contribution in [0.15, 0.2) is 22.0 Å². The maximum absolute atomic E-state index is 12.7. The molecular formula is C18H21N5O4S. The van der Waals surface area contributed by atoms with E-state index in [9.17, 15) is 14.4 Å². The first-order chi connectivity index (χ1) is 13.5. The molecule has 1 spiro atoms. The molecule has 0 atom stereocenters. The van der Waals surface area contributed by atoms with Gasteiger partial charge in [-0.05, 0) is 43.0 Å². The van der Waals surface area contributed by atoms with Crippen LogP contribution in [0.4, 0.5) is 4.79 Å². The van der Waals surface area contributed by atoms with E-state index in [1.54, 1.807) is 0 Å². The van der Waals surface area contributed by atoms with Crippen molar-refractivity contribution >= 4 is 29.2 Å². The molecule has 10 heteroatoms. The Morgan fingerprint density at radius 3 is 2.93 bits per heavy atom. The molecule has 0 bridgehead atoms. The molecule has 0 unspecified atom stereocenters. The Balaban J connectivity index is 1.32. The first-order valence-corrected chi connectivity index (χ1v) is 10.2. The molecular weight excluding hydrogens is 382 g/mol. The van der Waals surface area contributed by atoms with Gasteiger partial charge in [-0.1, -0.05) is 18.1 Å². The predicted molar refractivity (Wildman–Crippen MR) is 99.8 cm³/mol. The van der Waals surface area contributed by atoms with Crippen molar-refractivity contribution in [2.75, 3.05) is 0 Å². The molecule has 1 saturated heterocycles. The summed E-state index contributed by atoms with van der Waals surface area (Å²) in [6, 6.07) is 3.19. The van der Waals surface area contributed by atoms with E-state index in [0.29, 0.717) is 30.5 Å². The number of aryl methyl sites for hydroxylation is 1. The normalized spacial score (nSPS) is 24.6. The second-order valence-corrected chi connectivity index (χ2v) is 8.31. The molecule has 0 aromatic carbocycles. The lowest BCUT2D eigenvalue weighted by molar-refractivity contribution is -0.140. The number of amides is 4. The Labute approximate surface area is 165 Å². The maximum Gasteiger partial charge on any atom is 0.344 e. The number of nitrogens with one attached hydrogen (secondary N) is 2. The monoisotopic (exact) mass is 403 g/mol. The first kappa shape index (κ1) is 18.6. The second-order valence-electron chi connectivity index (χ2n) is 7.36. The highest BCUT2D eigenvalue weighted by Gasteiger charge is 2.52. The number of thiophene rings is 1. The van der Waals surface area contributed by atoms with E-state index in [4.69, 9.17) is 4.52 Å². The SMILES string of the molecule is CC1CCC2(CC1)NC(=O)N(NC(=O)CCc1nc(-c3cccs3)no1)C2=O. The molecule has 0 radical (unpaired) electrons. The minimum atomic E-state index is -0.876. The maximum atomic E-state index is 12.7. The zero-order valence-corrected chi connectivity index (χ0v) is 16.3. The van der Waals surface area contributed by atoms with Crippen LogP contribution in [0, 0.1) is 5.92 Å². The smallest absolute Gasteiger partial charge is 0.339 e. The molecule has 3 heterocycles. The Bertz CT molecular complexity index is 886. The molecule has 148 valence electrons. The van der Waals surface area contributed by atoms with Crippen molar-refractivity contribution in [1.29, 1.82) is 0 Å². The van der Waals surface area contributed by atoms with Crippen LogP contribution in [-0.2, 0) is 16.0 Å². The van der Waals surface area contributed by atoms with Crippen molar-refractivity contribution in [1.82, 2.24) is 25.9 Å². The Hall–Kier alpha value is -2.75. The lowest BCUT2D eigenvalue weighted by Crippen LogP contribution is -2.51. The topological polar surface area (TPSA) is 117 Å². The van der Waals surface area contributed by atoms with Gasteiger partial charge in [0.05, 0.1) is 4.88 Å². The number of rotatable bonds is 5. The molecule has 2 aromatic rings. The van der Waals surface area contributed by atoms with Gasteiger partial charge < -0.3 is 9.84 Å². The molecule has 2 fully saturated rings. The van der Waals surface area contributed by atoms with Gasteiger partial charge in [0.15, 0.2) is 0 Å². The highest BCUT2D eigenvalue weighted by atomic mass is 32.1. The number of urea groups is 1. The third-order valence-corrected chi connectivity index (χ3v) is 6.17. The number of hydrazine groups is 1. The fourth-order valence-corrected chi connectivity index (χ4v) is 4.23. The van der Waals surface area contributed by atoms with Gasteiger partial charge in [-0.15, -0.1) is 11.3 Å². The molecule has 4 amide bonds. The number of imide groups is 1. The van der Waals surface area contributed by atoms with Crippen LogP contribution in [0.3, 0.4) is 0 Å². The molecule has 1 aliphatic heterocycles. The summed E-state index contributed by atoms with van der Waals surface area (Å²) in [6.07, 6.45) is 3.18.